The third kappa shape index (κ3) is 4.24. The van der Waals surface area contributed by atoms with Crippen LogP contribution in [0.2, 0.25) is 0 Å². The number of carbonyl (C=O) groups excluding carboxylic acids is 1. The number of hydrogen-bond donors (Lipinski definition) is 0. The van der Waals surface area contributed by atoms with E-state index < -0.39 is 0 Å². The molecule has 3 rings (SSSR count). The molecule has 0 saturated carbocycles. The third-order valence-corrected chi connectivity index (χ3v) is 5.77. The summed E-state index contributed by atoms with van der Waals surface area (Å²) in [4.78, 5) is 15.0. The summed E-state index contributed by atoms with van der Waals surface area (Å²) in [7, 11) is 0. The van der Waals surface area contributed by atoms with Gasteiger partial charge < -0.3 is 14.4 Å². The van der Waals surface area contributed by atoms with Crippen LogP contribution in [0.25, 0.3) is 0 Å². The predicted molar refractivity (Wildman–Crippen MR) is 98.7 cm³/mol. The molecule has 1 aromatic carbocycles. The number of amides is 1. The lowest BCUT2D eigenvalue weighted by atomic mass is 9.68. The SMILES string of the molecule is Cc1ccc([C@@]2(CC(=O)N3CCOCC3)CCO[C@H](C(C)C)C2)cc1. The van der Waals surface area contributed by atoms with Crippen LogP contribution in [0.4, 0.5) is 0 Å². The van der Waals surface area contributed by atoms with Gasteiger partial charge in [0.2, 0.25) is 5.91 Å². The molecule has 2 heterocycles. The lowest BCUT2D eigenvalue weighted by Crippen LogP contribution is -2.47. The van der Waals surface area contributed by atoms with Gasteiger partial charge in [-0.05, 0) is 31.2 Å². The van der Waals surface area contributed by atoms with Gasteiger partial charge in [0.1, 0.15) is 0 Å². The lowest BCUT2D eigenvalue weighted by molar-refractivity contribution is -0.138. The average molecular weight is 345 g/mol. The van der Waals surface area contributed by atoms with Crippen LogP contribution in [0.3, 0.4) is 0 Å². The van der Waals surface area contributed by atoms with Crippen molar-refractivity contribution in [2.45, 2.75) is 51.6 Å². The van der Waals surface area contributed by atoms with Crippen molar-refractivity contribution < 1.29 is 14.3 Å². The van der Waals surface area contributed by atoms with Gasteiger partial charge in [0.25, 0.3) is 0 Å². The third-order valence-electron chi connectivity index (χ3n) is 5.77. The minimum absolute atomic E-state index is 0.115. The Morgan fingerprint density at radius 1 is 1.20 bits per heavy atom. The second-order valence-corrected chi connectivity index (χ2v) is 7.92. The molecule has 138 valence electrons. The van der Waals surface area contributed by atoms with Gasteiger partial charge in [0.15, 0.2) is 0 Å². The molecule has 0 bridgehead atoms. The van der Waals surface area contributed by atoms with E-state index in [0.717, 1.165) is 19.4 Å². The number of hydrogen-bond acceptors (Lipinski definition) is 3. The molecule has 2 atom stereocenters. The molecule has 2 aliphatic heterocycles. The lowest BCUT2D eigenvalue weighted by Gasteiger charge is -2.43. The summed E-state index contributed by atoms with van der Waals surface area (Å²) in [5.74, 6) is 0.719. The predicted octanol–water partition coefficient (Wildman–Crippen LogP) is 3.32. The summed E-state index contributed by atoms with van der Waals surface area (Å²) in [6.45, 7) is 9.99. The summed E-state index contributed by atoms with van der Waals surface area (Å²) in [5, 5.41) is 0. The molecule has 4 nitrogen and oxygen atoms in total. The summed E-state index contributed by atoms with van der Waals surface area (Å²) in [6, 6.07) is 8.75. The number of ether oxygens (including phenoxy) is 2. The van der Waals surface area contributed by atoms with Crippen LogP contribution >= 0.6 is 0 Å². The van der Waals surface area contributed by atoms with E-state index in [1.165, 1.54) is 11.1 Å². The Hall–Kier alpha value is -1.39. The largest absolute Gasteiger partial charge is 0.378 e. The van der Waals surface area contributed by atoms with E-state index in [9.17, 15) is 4.79 Å². The first-order valence-electron chi connectivity index (χ1n) is 9.54. The van der Waals surface area contributed by atoms with E-state index in [0.29, 0.717) is 38.6 Å². The molecule has 0 aliphatic carbocycles. The van der Waals surface area contributed by atoms with Crippen molar-refractivity contribution in [3.63, 3.8) is 0 Å². The number of aryl methyl sites for hydroxylation is 1. The zero-order chi connectivity index (χ0) is 17.9. The number of benzene rings is 1. The van der Waals surface area contributed by atoms with Crippen molar-refractivity contribution in [1.82, 2.24) is 4.90 Å². The Bertz CT molecular complexity index is 577. The van der Waals surface area contributed by atoms with E-state index in [1.807, 2.05) is 4.90 Å². The standard InChI is InChI=1S/C21H31NO3/c1-16(2)19-14-21(8-11-25-19,18-6-4-17(3)5-7-18)15-20(23)22-9-12-24-13-10-22/h4-7,16,19H,8-15H2,1-3H3/t19-,21-/m0/s1. The quantitative estimate of drug-likeness (QED) is 0.840. The molecular formula is C21H31NO3. The van der Waals surface area contributed by atoms with Gasteiger partial charge >= 0.3 is 0 Å². The van der Waals surface area contributed by atoms with Crippen molar-refractivity contribution in [3.8, 4) is 0 Å². The molecule has 25 heavy (non-hydrogen) atoms. The van der Waals surface area contributed by atoms with Crippen LogP contribution in [0.15, 0.2) is 24.3 Å². The fraction of sp³-hybridized carbons (Fsp3) is 0.667. The fourth-order valence-electron chi connectivity index (χ4n) is 4.03. The molecule has 0 spiro atoms. The Labute approximate surface area is 151 Å². The average Bonchev–Trinajstić information content (AvgIpc) is 2.63. The van der Waals surface area contributed by atoms with Gasteiger partial charge in [-0.2, -0.15) is 0 Å². The second-order valence-electron chi connectivity index (χ2n) is 7.92. The Balaban J connectivity index is 1.85. The van der Waals surface area contributed by atoms with Crippen LogP contribution in [-0.4, -0.2) is 49.8 Å². The zero-order valence-electron chi connectivity index (χ0n) is 15.8. The molecule has 1 aromatic rings. The maximum absolute atomic E-state index is 13.0. The number of morpholine rings is 1. The molecular weight excluding hydrogens is 314 g/mol. The first kappa shape index (κ1) is 18.4. The number of nitrogens with zero attached hydrogens (tertiary/aromatic N) is 1. The summed E-state index contributed by atoms with van der Waals surface area (Å²) < 4.78 is 11.4. The summed E-state index contributed by atoms with van der Waals surface area (Å²) in [6.07, 6.45) is 2.62. The smallest absolute Gasteiger partial charge is 0.223 e. The van der Waals surface area contributed by atoms with Crippen molar-refractivity contribution in [2.75, 3.05) is 32.9 Å². The van der Waals surface area contributed by atoms with E-state index in [2.05, 4.69) is 45.0 Å². The van der Waals surface area contributed by atoms with Crippen molar-refractivity contribution in [1.29, 1.82) is 0 Å². The minimum atomic E-state index is -0.115. The molecule has 0 N–H and O–H groups in total. The van der Waals surface area contributed by atoms with Crippen molar-refractivity contribution in [2.24, 2.45) is 5.92 Å². The number of carbonyl (C=O) groups is 1. The maximum Gasteiger partial charge on any atom is 0.223 e. The van der Waals surface area contributed by atoms with Crippen LogP contribution < -0.4 is 0 Å². The van der Waals surface area contributed by atoms with Gasteiger partial charge in [0.05, 0.1) is 19.3 Å². The van der Waals surface area contributed by atoms with Gasteiger partial charge in [-0.3, -0.25) is 4.79 Å². The summed E-state index contributed by atoms with van der Waals surface area (Å²) >= 11 is 0. The van der Waals surface area contributed by atoms with Crippen LogP contribution in [-0.2, 0) is 19.7 Å². The monoisotopic (exact) mass is 345 g/mol. The molecule has 0 radical (unpaired) electrons. The van der Waals surface area contributed by atoms with Crippen LogP contribution in [0, 0.1) is 12.8 Å². The van der Waals surface area contributed by atoms with Gasteiger partial charge in [-0.25, -0.2) is 0 Å². The minimum Gasteiger partial charge on any atom is -0.378 e. The molecule has 0 unspecified atom stereocenters. The van der Waals surface area contributed by atoms with E-state index in [4.69, 9.17) is 9.47 Å². The Morgan fingerprint density at radius 3 is 2.52 bits per heavy atom. The highest BCUT2D eigenvalue weighted by Crippen LogP contribution is 2.42. The van der Waals surface area contributed by atoms with Crippen molar-refractivity contribution >= 4 is 5.91 Å². The molecule has 2 aliphatic rings. The second kappa shape index (κ2) is 7.88. The highest BCUT2D eigenvalue weighted by atomic mass is 16.5. The normalized spacial score (nSPS) is 27.5. The topological polar surface area (TPSA) is 38.8 Å². The molecule has 4 heteroatoms. The zero-order valence-corrected chi connectivity index (χ0v) is 15.8. The Morgan fingerprint density at radius 2 is 1.88 bits per heavy atom. The first-order valence-corrected chi connectivity index (χ1v) is 9.54. The van der Waals surface area contributed by atoms with Gasteiger partial charge in [-0.15, -0.1) is 0 Å². The van der Waals surface area contributed by atoms with Crippen LogP contribution in [0.5, 0.6) is 0 Å². The van der Waals surface area contributed by atoms with E-state index >= 15 is 0 Å². The number of rotatable bonds is 4. The molecule has 1 amide bonds. The van der Waals surface area contributed by atoms with Crippen LogP contribution in [0.1, 0.15) is 44.2 Å². The van der Waals surface area contributed by atoms with E-state index in [-0.39, 0.29) is 17.4 Å². The van der Waals surface area contributed by atoms with E-state index in [1.54, 1.807) is 0 Å². The molecule has 0 aromatic heterocycles. The fourth-order valence-corrected chi connectivity index (χ4v) is 4.03. The highest BCUT2D eigenvalue weighted by molar-refractivity contribution is 5.78. The maximum atomic E-state index is 13.0. The van der Waals surface area contributed by atoms with Gasteiger partial charge in [0, 0.05) is 31.5 Å². The summed E-state index contributed by atoms with van der Waals surface area (Å²) in [5.41, 5.74) is 2.43. The van der Waals surface area contributed by atoms with Crippen molar-refractivity contribution in [3.05, 3.63) is 35.4 Å². The molecule has 2 saturated heterocycles. The first-order chi connectivity index (χ1) is 12.0. The highest BCUT2D eigenvalue weighted by Gasteiger charge is 2.42. The Kier molecular flexibility index (Phi) is 5.80. The molecule has 2 fully saturated rings. The van der Waals surface area contributed by atoms with Gasteiger partial charge in [-0.1, -0.05) is 43.7 Å².